The Labute approximate surface area is 197 Å². The van der Waals surface area contributed by atoms with Crippen LogP contribution in [0.4, 0.5) is 11.6 Å². The molecule has 0 amide bonds. The Balaban J connectivity index is 2.35. The molecule has 0 saturated heterocycles. The molecule has 0 unspecified atom stereocenters. The molecule has 0 aliphatic rings. The fourth-order valence-electron chi connectivity index (χ4n) is 3.32. The quantitative estimate of drug-likeness (QED) is 0.509. The van der Waals surface area contributed by atoms with Gasteiger partial charge in [-0.3, -0.25) is 4.79 Å². The minimum atomic E-state index is -0.888. The van der Waals surface area contributed by atoms with Gasteiger partial charge in [-0.25, -0.2) is 4.98 Å². The number of rotatable bonds is 5. The summed E-state index contributed by atoms with van der Waals surface area (Å²) in [6.07, 6.45) is 0. The number of aromatic nitrogens is 2. The van der Waals surface area contributed by atoms with Gasteiger partial charge in [0.15, 0.2) is 0 Å². The molecule has 1 heterocycles. The van der Waals surface area contributed by atoms with Crippen molar-refractivity contribution in [3.8, 4) is 17.9 Å². The standard InChI is InChI=1S/C24H22Cl2N4O2/c1-14(31)24(2,3)17-12-15(8-7-11-32-5)20-22(16(17)13-27)30(4)23(28-20)29-21-18(25)9-6-10-19(21)26/h6,9-10,12H,11H2,1-5H3,(H,28,29). The number of aryl methyl sites for hydroxylation is 1. The molecule has 6 nitrogen and oxygen atoms in total. The second kappa shape index (κ2) is 9.22. The van der Waals surface area contributed by atoms with Gasteiger partial charge >= 0.3 is 0 Å². The number of halogens is 2. The van der Waals surface area contributed by atoms with Crippen molar-refractivity contribution in [1.29, 1.82) is 5.26 Å². The van der Waals surface area contributed by atoms with E-state index in [9.17, 15) is 10.1 Å². The minimum Gasteiger partial charge on any atom is -0.372 e. The van der Waals surface area contributed by atoms with Gasteiger partial charge in [0.25, 0.3) is 0 Å². The van der Waals surface area contributed by atoms with Crippen LogP contribution in [0, 0.1) is 23.2 Å². The molecule has 0 aliphatic carbocycles. The van der Waals surface area contributed by atoms with Crippen LogP contribution < -0.4 is 5.32 Å². The van der Waals surface area contributed by atoms with E-state index in [-0.39, 0.29) is 12.4 Å². The Bertz CT molecular complexity index is 1300. The highest BCUT2D eigenvalue weighted by Crippen LogP contribution is 2.37. The van der Waals surface area contributed by atoms with E-state index in [1.54, 1.807) is 56.8 Å². The third-order valence-corrected chi connectivity index (χ3v) is 6.08. The van der Waals surface area contributed by atoms with Crippen molar-refractivity contribution in [3.63, 3.8) is 0 Å². The van der Waals surface area contributed by atoms with E-state index in [2.05, 4.69) is 23.2 Å². The molecule has 0 aliphatic heterocycles. The zero-order valence-corrected chi connectivity index (χ0v) is 19.9. The van der Waals surface area contributed by atoms with Gasteiger partial charge in [-0.15, -0.1) is 0 Å². The normalized spacial score (nSPS) is 11.1. The number of nitrogens with one attached hydrogen (secondary N) is 1. The molecule has 0 saturated carbocycles. The lowest BCUT2D eigenvalue weighted by Gasteiger charge is -2.24. The van der Waals surface area contributed by atoms with Crippen molar-refractivity contribution in [2.45, 2.75) is 26.2 Å². The van der Waals surface area contributed by atoms with Crippen LogP contribution in [0.3, 0.4) is 0 Å². The van der Waals surface area contributed by atoms with E-state index in [4.69, 9.17) is 32.9 Å². The number of para-hydroxylation sites is 1. The Morgan fingerprint density at radius 2 is 1.97 bits per heavy atom. The maximum Gasteiger partial charge on any atom is 0.208 e. The first-order valence-electron chi connectivity index (χ1n) is 9.77. The average Bonchev–Trinajstić information content (AvgIpc) is 3.07. The topological polar surface area (TPSA) is 79.9 Å². The van der Waals surface area contributed by atoms with Crippen LogP contribution >= 0.6 is 23.2 Å². The fraction of sp³-hybridized carbons (Fsp3) is 0.292. The summed E-state index contributed by atoms with van der Waals surface area (Å²) in [6, 6.07) is 9.22. The molecule has 3 aromatic rings. The molecule has 32 heavy (non-hydrogen) atoms. The molecule has 3 rings (SSSR count). The third kappa shape index (κ3) is 4.18. The van der Waals surface area contributed by atoms with Crippen LogP contribution in [0.5, 0.6) is 0 Å². The number of methoxy groups -OCH3 is 1. The van der Waals surface area contributed by atoms with Crippen LogP contribution in [-0.2, 0) is 22.0 Å². The lowest BCUT2D eigenvalue weighted by molar-refractivity contribution is -0.121. The number of anilines is 2. The third-order valence-electron chi connectivity index (χ3n) is 5.45. The summed E-state index contributed by atoms with van der Waals surface area (Å²) < 4.78 is 6.79. The number of carbonyl (C=O) groups excluding carboxylic acids is 1. The average molecular weight is 469 g/mol. The van der Waals surface area contributed by atoms with Crippen LogP contribution in [0.1, 0.15) is 37.5 Å². The van der Waals surface area contributed by atoms with Gasteiger partial charge in [0.2, 0.25) is 5.95 Å². The van der Waals surface area contributed by atoms with Gasteiger partial charge in [0.1, 0.15) is 24.0 Å². The number of nitriles is 1. The Hall–Kier alpha value is -3.03. The second-order valence-electron chi connectivity index (χ2n) is 7.79. The molecule has 0 radical (unpaired) electrons. The lowest BCUT2D eigenvalue weighted by Crippen LogP contribution is -2.28. The predicted molar refractivity (Wildman–Crippen MR) is 128 cm³/mol. The Kier molecular flexibility index (Phi) is 6.81. The van der Waals surface area contributed by atoms with Crippen LogP contribution in [-0.4, -0.2) is 29.1 Å². The predicted octanol–water partition coefficient (Wildman–Crippen LogP) is 5.36. The lowest BCUT2D eigenvalue weighted by atomic mass is 9.78. The summed E-state index contributed by atoms with van der Waals surface area (Å²) in [4.78, 5) is 17.1. The number of fused-ring (bicyclic) bond motifs is 1. The second-order valence-corrected chi connectivity index (χ2v) is 8.60. The maximum atomic E-state index is 12.4. The summed E-state index contributed by atoms with van der Waals surface area (Å²) in [7, 11) is 3.34. The van der Waals surface area contributed by atoms with Crippen molar-refractivity contribution < 1.29 is 9.53 Å². The summed E-state index contributed by atoms with van der Waals surface area (Å²) in [5.74, 6) is 6.37. The van der Waals surface area contributed by atoms with Gasteiger partial charge in [-0.05, 0) is 44.5 Å². The fourth-order valence-corrected chi connectivity index (χ4v) is 3.81. The highest BCUT2D eigenvalue weighted by atomic mass is 35.5. The molecule has 0 bridgehead atoms. The number of nitrogens with zero attached hydrogens (tertiary/aromatic N) is 3. The molecule has 2 aromatic carbocycles. The van der Waals surface area contributed by atoms with Gasteiger partial charge in [0.05, 0.1) is 32.4 Å². The van der Waals surface area contributed by atoms with Crippen molar-refractivity contribution in [3.05, 3.63) is 51.0 Å². The summed E-state index contributed by atoms with van der Waals surface area (Å²) >= 11 is 12.6. The van der Waals surface area contributed by atoms with E-state index in [0.29, 0.717) is 49.4 Å². The maximum absolute atomic E-state index is 12.4. The summed E-state index contributed by atoms with van der Waals surface area (Å²) in [5.41, 5.74) is 2.25. The highest BCUT2D eigenvalue weighted by Gasteiger charge is 2.32. The van der Waals surface area contributed by atoms with Crippen molar-refractivity contribution in [2.24, 2.45) is 7.05 Å². The molecule has 0 fully saturated rings. The highest BCUT2D eigenvalue weighted by molar-refractivity contribution is 6.39. The van der Waals surface area contributed by atoms with Gasteiger partial charge in [-0.2, -0.15) is 5.26 Å². The minimum absolute atomic E-state index is 0.0625. The van der Waals surface area contributed by atoms with Crippen LogP contribution in [0.2, 0.25) is 10.0 Å². The number of imidazole rings is 1. The molecule has 0 spiro atoms. The van der Waals surface area contributed by atoms with E-state index < -0.39 is 5.41 Å². The first-order valence-corrected chi connectivity index (χ1v) is 10.5. The van der Waals surface area contributed by atoms with Crippen molar-refractivity contribution in [2.75, 3.05) is 19.0 Å². The largest absolute Gasteiger partial charge is 0.372 e. The zero-order chi connectivity index (χ0) is 23.6. The summed E-state index contributed by atoms with van der Waals surface area (Å²) in [5, 5.41) is 14.1. The monoisotopic (exact) mass is 468 g/mol. The number of benzene rings is 2. The molecule has 1 aromatic heterocycles. The number of carbonyl (C=O) groups is 1. The number of ketones is 1. The van der Waals surface area contributed by atoms with E-state index >= 15 is 0 Å². The van der Waals surface area contributed by atoms with E-state index in [1.165, 1.54) is 6.92 Å². The molecular weight excluding hydrogens is 447 g/mol. The number of Topliss-reactive ketones (excluding diaryl/α,β-unsaturated/α-hetero) is 1. The van der Waals surface area contributed by atoms with Gasteiger partial charge < -0.3 is 14.6 Å². The van der Waals surface area contributed by atoms with Crippen molar-refractivity contribution >= 4 is 51.7 Å². The molecule has 0 atom stereocenters. The van der Waals surface area contributed by atoms with Gasteiger partial charge in [0, 0.05) is 19.6 Å². The van der Waals surface area contributed by atoms with E-state index in [1.807, 2.05) is 0 Å². The number of ether oxygens (including phenoxy) is 1. The molecule has 8 heteroatoms. The molecule has 164 valence electrons. The Morgan fingerprint density at radius 3 is 2.53 bits per heavy atom. The molecular formula is C24H22Cl2N4O2. The first kappa shape index (κ1) is 23.6. The number of hydrogen-bond donors (Lipinski definition) is 1. The van der Waals surface area contributed by atoms with Gasteiger partial charge in [-0.1, -0.05) is 41.1 Å². The Morgan fingerprint density at radius 1 is 1.31 bits per heavy atom. The number of hydrogen-bond acceptors (Lipinski definition) is 5. The van der Waals surface area contributed by atoms with Crippen LogP contribution in [0.25, 0.3) is 11.0 Å². The van der Waals surface area contributed by atoms with E-state index in [0.717, 1.165) is 0 Å². The van der Waals surface area contributed by atoms with Crippen molar-refractivity contribution in [1.82, 2.24) is 9.55 Å². The smallest absolute Gasteiger partial charge is 0.208 e. The zero-order valence-electron chi connectivity index (χ0n) is 18.4. The SMILES string of the molecule is COCC#Cc1cc(C(C)(C)C(C)=O)c(C#N)c2c1nc(Nc1c(Cl)cccc1Cl)n2C. The summed E-state index contributed by atoms with van der Waals surface area (Å²) in [6.45, 7) is 5.34. The first-order chi connectivity index (χ1) is 15.1. The van der Waals surface area contributed by atoms with Crippen LogP contribution in [0.15, 0.2) is 24.3 Å². The molecule has 1 N–H and O–H groups in total.